The number of rotatable bonds is 6. The van der Waals surface area contributed by atoms with E-state index >= 15 is 0 Å². The minimum atomic E-state index is 0.0208. The summed E-state index contributed by atoms with van der Waals surface area (Å²) in [6.07, 6.45) is 5.70. The predicted octanol–water partition coefficient (Wildman–Crippen LogP) is 1.14. The number of likely N-dealkylation sites (N-methyl/N-ethyl adjacent to an activating group) is 1. The first-order valence-corrected chi connectivity index (χ1v) is 8.23. The summed E-state index contributed by atoms with van der Waals surface area (Å²) in [5.74, 6) is 1.26. The molecular formula is C16H29N3O2. The lowest BCUT2D eigenvalue weighted by Crippen LogP contribution is -2.48. The zero-order valence-corrected chi connectivity index (χ0v) is 13.5. The highest BCUT2D eigenvalue weighted by molar-refractivity contribution is 5.81. The second-order valence-electron chi connectivity index (χ2n) is 6.96. The molecule has 0 unspecified atom stereocenters. The van der Waals surface area contributed by atoms with Crippen LogP contribution in [0.2, 0.25) is 0 Å². The highest BCUT2D eigenvalue weighted by Crippen LogP contribution is 2.29. The van der Waals surface area contributed by atoms with Gasteiger partial charge >= 0.3 is 0 Å². The molecule has 5 heteroatoms. The average Bonchev–Trinajstić information content (AvgIpc) is 3.18. The van der Waals surface area contributed by atoms with E-state index in [1.54, 1.807) is 4.90 Å². The van der Waals surface area contributed by atoms with Crippen molar-refractivity contribution in [2.75, 3.05) is 20.1 Å². The normalized spacial score (nSPS) is 29.2. The van der Waals surface area contributed by atoms with E-state index in [2.05, 4.69) is 24.5 Å². The second-order valence-corrected chi connectivity index (χ2v) is 6.96. The molecule has 2 rings (SSSR count). The second kappa shape index (κ2) is 7.25. The monoisotopic (exact) mass is 295 g/mol. The van der Waals surface area contributed by atoms with Crippen molar-refractivity contribution in [3.63, 3.8) is 0 Å². The highest BCUT2D eigenvalue weighted by Gasteiger charge is 2.28. The fraction of sp³-hybridized carbons (Fsp3) is 0.875. The Morgan fingerprint density at radius 2 is 1.62 bits per heavy atom. The lowest BCUT2D eigenvalue weighted by atomic mass is 9.78. The largest absolute Gasteiger partial charge is 0.352 e. The Balaban J connectivity index is 1.68. The van der Waals surface area contributed by atoms with Crippen molar-refractivity contribution in [1.29, 1.82) is 0 Å². The van der Waals surface area contributed by atoms with Gasteiger partial charge in [0.15, 0.2) is 0 Å². The fourth-order valence-electron chi connectivity index (χ4n) is 3.09. The Morgan fingerprint density at radius 1 is 1.00 bits per heavy atom. The zero-order chi connectivity index (χ0) is 15.4. The molecule has 2 aliphatic carbocycles. The molecule has 5 nitrogen and oxygen atoms in total. The van der Waals surface area contributed by atoms with Crippen molar-refractivity contribution in [2.24, 2.45) is 11.8 Å². The summed E-state index contributed by atoms with van der Waals surface area (Å²) in [6.45, 7) is 5.06. The Morgan fingerprint density at radius 3 is 2.24 bits per heavy atom. The Hall–Kier alpha value is -1.10. The summed E-state index contributed by atoms with van der Waals surface area (Å²) >= 11 is 0. The maximum atomic E-state index is 12.1. The van der Waals surface area contributed by atoms with Gasteiger partial charge in [-0.25, -0.2) is 0 Å². The average molecular weight is 295 g/mol. The SMILES string of the molecule is C[C@@H]1[C@H](C)CCC[C@@H]1NC(=O)CN(C)CC(=O)NC1CC1. The number of amides is 2. The topological polar surface area (TPSA) is 61.4 Å². The Labute approximate surface area is 127 Å². The van der Waals surface area contributed by atoms with E-state index in [-0.39, 0.29) is 24.4 Å². The van der Waals surface area contributed by atoms with Crippen LogP contribution >= 0.6 is 0 Å². The van der Waals surface area contributed by atoms with Crippen LogP contribution in [-0.4, -0.2) is 48.9 Å². The molecule has 21 heavy (non-hydrogen) atoms. The molecular weight excluding hydrogens is 266 g/mol. The van der Waals surface area contributed by atoms with Crippen LogP contribution in [0, 0.1) is 11.8 Å². The number of carbonyl (C=O) groups excluding carboxylic acids is 2. The molecule has 3 atom stereocenters. The van der Waals surface area contributed by atoms with E-state index in [9.17, 15) is 9.59 Å². The van der Waals surface area contributed by atoms with Crippen molar-refractivity contribution in [1.82, 2.24) is 15.5 Å². The first kappa shape index (κ1) is 16.3. The summed E-state index contributed by atoms with van der Waals surface area (Å²) in [5.41, 5.74) is 0. The third-order valence-electron chi connectivity index (χ3n) is 4.82. The van der Waals surface area contributed by atoms with E-state index in [1.165, 1.54) is 12.8 Å². The molecule has 2 fully saturated rings. The molecule has 0 heterocycles. The van der Waals surface area contributed by atoms with Crippen LogP contribution in [0.3, 0.4) is 0 Å². The number of carbonyl (C=O) groups is 2. The molecule has 0 aliphatic heterocycles. The molecule has 120 valence electrons. The van der Waals surface area contributed by atoms with E-state index < -0.39 is 0 Å². The van der Waals surface area contributed by atoms with Gasteiger partial charge in [-0.3, -0.25) is 14.5 Å². The highest BCUT2D eigenvalue weighted by atomic mass is 16.2. The molecule has 0 saturated heterocycles. The number of nitrogens with one attached hydrogen (secondary N) is 2. The van der Waals surface area contributed by atoms with Gasteiger partial charge in [0.2, 0.25) is 11.8 Å². The molecule has 2 N–H and O–H groups in total. The summed E-state index contributed by atoms with van der Waals surface area (Å²) in [7, 11) is 1.82. The third kappa shape index (κ3) is 5.30. The van der Waals surface area contributed by atoms with Crippen molar-refractivity contribution >= 4 is 11.8 Å². The number of nitrogens with zero attached hydrogens (tertiary/aromatic N) is 1. The fourth-order valence-corrected chi connectivity index (χ4v) is 3.09. The lowest BCUT2D eigenvalue weighted by molar-refractivity contribution is -0.125. The molecule has 2 saturated carbocycles. The van der Waals surface area contributed by atoms with E-state index in [0.717, 1.165) is 19.3 Å². The van der Waals surface area contributed by atoms with Crippen LogP contribution in [0.4, 0.5) is 0 Å². The molecule has 0 aromatic rings. The van der Waals surface area contributed by atoms with Gasteiger partial charge < -0.3 is 10.6 Å². The van der Waals surface area contributed by atoms with Crippen LogP contribution in [0.15, 0.2) is 0 Å². The first-order chi connectivity index (χ1) is 9.95. The van der Waals surface area contributed by atoms with Gasteiger partial charge in [-0.15, -0.1) is 0 Å². The minimum Gasteiger partial charge on any atom is -0.352 e. The van der Waals surface area contributed by atoms with E-state index in [4.69, 9.17) is 0 Å². The van der Waals surface area contributed by atoms with Gasteiger partial charge in [0, 0.05) is 12.1 Å². The van der Waals surface area contributed by atoms with Gasteiger partial charge in [0.1, 0.15) is 0 Å². The van der Waals surface area contributed by atoms with Crippen molar-refractivity contribution in [3.05, 3.63) is 0 Å². The summed E-state index contributed by atoms with van der Waals surface area (Å²) in [5, 5.41) is 6.08. The van der Waals surface area contributed by atoms with Gasteiger partial charge in [-0.1, -0.05) is 26.7 Å². The maximum Gasteiger partial charge on any atom is 0.234 e. The maximum absolute atomic E-state index is 12.1. The summed E-state index contributed by atoms with van der Waals surface area (Å²) < 4.78 is 0. The van der Waals surface area contributed by atoms with Crippen molar-refractivity contribution < 1.29 is 9.59 Å². The standard InChI is InChI=1S/C16H29N3O2/c1-11-5-4-6-14(12(11)2)18-16(21)10-19(3)9-15(20)17-13-7-8-13/h11-14H,4-10H2,1-3H3,(H,17,20)(H,18,21)/t11-,12-,14+/m1/s1. The molecule has 2 aliphatic rings. The van der Waals surface area contributed by atoms with Crippen LogP contribution in [0.5, 0.6) is 0 Å². The van der Waals surface area contributed by atoms with Gasteiger partial charge in [0.05, 0.1) is 13.1 Å². The molecule has 0 aromatic carbocycles. The van der Waals surface area contributed by atoms with Gasteiger partial charge in [-0.2, -0.15) is 0 Å². The smallest absolute Gasteiger partial charge is 0.234 e. The van der Waals surface area contributed by atoms with Crippen molar-refractivity contribution in [3.8, 4) is 0 Å². The molecule has 0 bridgehead atoms. The van der Waals surface area contributed by atoms with Crippen LogP contribution < -0.4 is 10.6 Å². The van der Waals surface area contributed by atoms with Gasteiger partial charge in [0.25, 0.3) is 0 Å². The van der Waals surface area contributed by atoms with Crippen molar-refractivity contribution in [2.45, 2.75) is 58.0 Å². The Kier molecular flexibility index (Phi) is 5.62. The molecule has 0 aromatic heterocycles. The third-order valence-corrected chi connectivity index (χ3v) is 4.82. The Bertz CT molecular complexity index is 382. The zero-order valence-electron chi connectivity index (χ0n) is 13.5. The van der Waals surface area contributed by atoms with Crippen LogP contribution in [-0.2, 0) is 9.59 Å². The van der Waals surface area contributed by atoms with Gasteiger partial charge in [-0.05, 0) is 38.1 Å². The molecule has 0 radical (unpaired) electrons. The summed E-state index contributed by atoms with van der Waals surface area (Å²) in [6, 6.07) is 0.666. The predicted molar refractivity (Wildman–Crippen MR) is 82.8 cm³/mol. The molecule has 2 amide bonds. The lowest BCUT2D eigenvalue weighted by Gasteiger charge is -2.34. The van der Waals surface area contributed by atoms with E-state index in [0.29, 0.717) is 24.4 Å². The molecule has 0 spiro atoms. The first-order valence-electron chi connectivity index (χ1n) is 8.23. The quantitative estimate of drug-likeness (QED) is 0.772. The van der Waals surface area contributed by atoms with Crippen LogP contribution in [0.25, 0.3) is 0 Å². The van der Waals surface area contributed by atoms with Crippen LogP contribution in [0.1, 0.15) is 46.0 Å². The number of hydrogen-bond acceptors (Lipinski definition) is 3. The summed E-state index contributed by atoms with van der Waals surface area (Å²) in [4.78, 5) is 25.6. The number of hydrogen-bond donors (Lipinski definition) is 2. The minimum absolute atomic E-state index is 0.0208. The van der Waals surface area contributed by atoms with E-state index in [1.807, 2.05) is 7.05 Å².